The number of aliphatic hydroxyl groups is 1. The van der Waals surface area contributed by atoms with E-state index in [-0.39, 0.29) is 11.4 Å². The molecule has 1 N–H and O–H groups in total. The fraction of sp³-hybridized carbons (Fsp3) is 0.333. The second-order valence-electron chi connectivity index (χ2n) is 2.88. The molecule has 0 unspecified atom stereocenters. The van der Waals surface area contributed by atoms with Crippen LogP contribution in [0.2, 0.25) is 0 Å². The Morgan fingerprint density at radius 3 is 1.75 bits per heavy atom. The molecule has 0 bridgehead atoms. The second kappa shape index (κ2) is 2.59. The van der Waals surface area contributed by atoms with Crippen LogP contribution in [0.15, 0.2) is 22.5 Å². The zero-order valence-electron chi connectivity index (χ0n) is 7.26. The van der Waals surface area contributed by atoms with E-state index >= 15 is 0 Å². The summed E-state index contributed by atoms with van der Waals surface area (Å²) in [5.41, 5.74) is 0.904. The zero-order valence-corrected chi connectivity index (χ0v) is 7.26. The van der Waals surface area contributed by atoms with Crippen LogP contribution in [0.3, 0.4) is 0 Å². The average Bonchev–Trinajstić information content (AvgIpc) is 2.08. The van der Waals surface area contributed by atoms with E-state index in [4.69, 9.17) is 0 Å². The van der Waals surface area contributed by atoms with Gasteiger partial charge in [0.1, 0.15) is 0 Å². The summed E-state index contributed by atoms with van der Waals surface area (Å²) in [5, 5.41) is 9.18. The molecular formula is C9H10O3. The third-order valence-corrected chi connectivity index (χ3v) is 2.15. The van der Waals surface area contributed by atoms with Gasteiger partial charge in [-0.2, -0.15) is 0 Å². The van der Waals surface area contributed by atoms with Crippen molar-refractivity contribution in [2.24, 2.45) is 0 Å². The monoisotopic (exact) mass is 166 g/mol. The molecule has 0 fully saturated rings. The van der Waals surface area contributed by atoms with E-state index < -0.39 is 11.5 Å². The third-order valence-electron chi connectivity index (χ3n) is 2.15. The smallest absolute Gasteiger partial charge is 0.223 e. The summed E-state index contributed by atoms with van der Waals surface area (Å²) >= 11 is 0. The topological polar surface area (TPSA) is 54.4 Å². The van der Waals surface area contributed by atoms with Crippen molar-refractivity contribution < 1.29 is 14.7 Å². The number of ketones is 2. The third kappa shape index (κ3) is 0.978. The summed E-state index contributed by atoms with van der Waals surface area (Å²) in [4.78, 5) is 22.4. The van der Waals surface area contributed by atoms with E-state index in [0.717, 1.165) is 0 Å². The van der Waals surface area contributed by atoms with Crippen LogP contribution in [0.1, 0.15) is 20.8 Å². The summed E-state index contributed by atoms with van der Waals surface area (Å²) in [6.07, 6.45) is 0. The molecule has 3 nitrogen and oxygen atoms in total. The Hall–Kier alpha value is -1.38. The predicted molar refractivity (Wildman–Crippen MR) is 43.7 cm³/mol. The molecule has 0 amide bonds. The molecule has 3 heteroatoms. The van der Waals surface area contributed by atoms with E-state index in [1.807, 2.05) is 0 Å². The normalized spacial score (nSPS) is 19.2. The van der Waals surface area contributed by atoms with Crippen molar-refractivity contribution in [3.63, 3.8) is 0 Å². The van der Waals surface area contributed by atoms with Gasteiger partial charge in [-0.15, -0.1) is 0 Å². The van der Waals surface area contributed by atoms with Crippen LogP contribution in [0.4, 0.5) is 0 Å². The Morgan fingerprint density at radius 1 is 0.833 bits per heavy atom. The number of aliphatic hydroxyl groups excluding tert-OH is 1. The van der Waals surface area contributed by atoms with Crippen molar-refractivity contribution in [1.82, 2.24) is 0 Å². The van der Waals surface area contributed by atoms with Crippen LogP contribution in [0.25, 0.3) is 0 Å². The van der Waals surface area contributed by atoms with Crippen molar-refractivity contribution >= 4 is 11.6 Å². The quantitative estimate of drug-likeness (QED) is 0.552. The first-order valence-corrected chi connectivity index (χ1v) is 3.63. The van der Waals surface area contributed by atoms with Gasteiger partial charge in [-0.05, 0) is 20.8 Å². The fourth-order valence-corrected chi connectivity index (χ4v) is 1.08. The molecule has 0 aromatic heterocycles. The van der Waals surface area contributed by atoms with Gasteiger partial charge in [0.15, 0.2) is 11.5 Å². The molecule has 12 heavy (non-hydrogen) atoms. The molecule has 0 aromatic rings. The molecule has 1 aliphatic carbocycles. The van der Waals surface area contributed by atoms with Gasteiger partial charge in [-0.3, -0.25) is 9.59 Å². The van der Waals surface area contributed by atoms with Gasteiger partial charge < -0.3 is 5.11 Å². The maximum Gasteiger partial charge on any atom is 0.223 e. The Kier molecular flexibility index (Phi) is 1.88. The predicted octanol–water partition coefficient (Wildman–Crippen LogP) is 1.31. The van der Waals surface area contributed by atoms with Crippen LogP contribution in [-0.4, -0.2) is 16.7 Å². The molecule has 1 rings (SSSR count). The standard InChI is InChI=1S/C9H10O3/c1-4-5(2)8(11)9(12)6(3)7(4)10/h12H,1-3H3. The number of rotatable bonds is 0. The van der Waals surface area contributed by atoms with E-state index in [2.05, 4.69) is 0 Å². The van der Waals surface area contributed by atoms with Crippen molar-refractivity contribution in [2.45, 2.75) is 20.8 Å². The first-order valence-electron chi connectivity index (χ1n) is 3.63. The van der Waals surface area contributed by atoms with Crippen molar-refractivity contribution in [2.75, 3.05) is 0 Å². The van der Waals surface area contributed by atoms with Crippen LogP contribution < -0.4 is 0 Å². The highest BCUT2D eigenvalue weighted by Gasteiger charge is 2.27. The number of allylic oxidation sites excluding steroid dienone is 3. The van der Waals surface area contributed by atoms with Crippen molar-refractivity contribution in [3.8, 4) is 0 Å². The molecule has 0 atom stereocenters. The zero-order chi connectivity index (χ0) is 9.46. The lowest BCUT2D eigenvalue weighted by Gasteiger charge is -2.13. The average molecular weight is 166 g/mol. The van der Waals surface area contributed by atoms with E-state index in [0.29, 0.717) is 11.1 Å². The molecular weight excluding hydrogens is 156 g/mol. The van der Waals surface area contributed by atoms with Crippen molar-refractivity contribution in [3.05, 3.63) is 22.5 Å². The van der Waals surface area contributed by atoms with E-state index in [1.165, 1.54) is 13.8 Å². The molecule has 0 radical (unpaired) electrons. The lowest BCUT2D eigenvalue weighted by molar-refractivity contribution is -0.118. The molecule has 0 saturated heterocycles. The van der Waals surface area contributed by atoms with Gasteiger partial charge >= 0.3 is 0 Å². The summed E-state index contributed by atoms with van der Waals surface area (Å²) in [5.74, 6) is -1.10. The van der Waals surface area contributed by atoms with Gasteiger partial charge in [0, 0.05) is 16.7 Å². The van der Waals surface area contributed by atoms with Gasteiger partial charge in [-0.25, -0.2) is 0 Å². The SMILES string of the molecule is CC1=C(C)C(=O)C(O)=C(C)C1=O. The van der Waals surface area contributed by atoms with Crippen LogP contribution in [-0.2, 0) is 9.59 Å². The summed E-state index contributed by atoms with van der Waals surface area (Å²) in [6.45, 7) is 4.58. The molecule has 0 saturated carbocycles. The minimum atomic E-state index is -0.440. The Morgan fingerprint density at radius 2 is 1.25 bits per heavy atom. The van der Waals surface area contributed by atoms with Crippen LogP contribution in [0.5, 0.6) is 0 Å². The molecule has 0 aromatic carbocycles. The largest absolute Gasteiger partial charge is 0.504 e. The first kappa shape index (κ1) is 8.71. The maximum absolute atomic E-state index is 11.3. The Bertz CT molecular complexity index is 270. The number of hydrogen-bond donors (Lipinski definition) is 1. The summed E-state index contributed by atoms with van der Waals surface area (Å²) < 4.78 is 0. The number of Topliss-reactive ketones (excluding diaryl/α,β-unsaturated/α-hetero) is 2. The van der Waals surface area contributed by atoms with E-state index in [9.17, 15) is 14.7 Å². The number of carbonyl (C=O) groups excluding carboxylic acids is 2. The Balaban J connectivity index is 3.32. The lowest BCUT2D eigenvalue weighted by atomic mass is 9.91. The van der Waals surface area contributed by atoms with E-state index in [1.54, 1.807) is 6.92 Å². The summed E-state index contributed by atoms with van der Waals surface area (Å²) in [6, 6.07) is 0. The minimum Gasteiger partial charge on any atom is -0.504 e. The molecule has 0 spiro atoms. The second-order valence-corrected chi connectivity index (χ2v) is 2.88. The Labute approximate surface area is 70.4 Å². The van der Waals surface area contributed by atoms with Crippen LogP contribution in [0, 0.1) is 0 Å². The number of hydrogen-bond acceptors (Lipinski definition) is 3. The number of carbonyl (C=O) groups is 2. The lowest BCUT2D eigenvalue weighted by Crippen LogP contribution is -2.20. The maximum atomic E-state index is 11.3. The summed E-state index contributed by atoms with van der Waals surface area (Å²) in [7, 11) is 0. The fourth-order valence-electron chi connectivity index (χ4n) is 1.08. The molecule has 1 aliphatic rings. The highest BCUT2D eigenvalue weighted by molar-refractivity contribution is 6.23. The van der Waals surface area contributed by atoms with Crippen LogP contribution >= 0.6 is 0 Å². The first-order chi connectivity index (χ1) is 5.46. The molecule has 0 aliphatic heterocycles. The van der Waals surface area contributed by atoms with Gasteiger partial charge in [0.25, 0.3) is 0 Å². The van der Waals surface area contributed by atoms with Gasteiger partial charge in [0.2, 0.25) is 5.78 Å². The minimum absolute atomic E-state index is 0.142. The molecule has 64 valence electrons. The molecule has 0 heterocycles. The van der Waals surface area contributed by atoms with Gasteiger partial charge in [-0.1, -0.05) is 0 Å². The van der Waals surface area contributed by atoms with Gasteiger partial charge in [0.05, 0.1) is 0 Å². The highest BCUT2D eigenvalue weighted by atomic mass is 16.3. The highest BCUT2D eigenvalue weighted by Crippen LogP contribution is 2.21. The van der Waals surface area contributed by atoms with Crippen molar-refractivity contribution in [1.29, 1.82) is 0 Å².